The van der Waals surface area contributed by atoms with Gasteiger partial charge in [0.1, 0.15) is 0 Å². The fraction of sp³-hybridized carbons (Fsp3) is 0.667. The Morgan fingerprint density at radius 3 is 0.906 bits per heavy atom. The minimum atomic E-state index is -6.50. The Labute approximate surface area is 176 Å². The molecule has 0 bridgehead atoms. The molecule has 182 valence electrons. The number of phosphoric acid groups is 1. The first-order chi connectivity index (χ1) is 14.4. The third-order valence-electron chi connectivity index (χ3n) is 3.13. The van der Waals surface area contributed by atoms with E-state index in [2.05, 4.69) is 13.6 Å². The summed E-state index contributed by atoms with van der Waals surface area (Å²) in [5, 5.41) is 43.1. The van der Waals surface area contributed by atoms with Gasteiger partial charge < -0.3 is 44.2 Å². The van der Waals surface area contributed by atoms with Gasteiger partial charge in [-0.25, -0.2) is 41.8 Å². The average Bonchev–Trinajstić information content (AvgIpc) is 2.70. The van der Waals surface area contributed by atoms with Crippen LogP contribution in [0.25, 0.3) is 0 Å². The zero-order chi connectivity index (χ0) is 25.7. The minimum Gasteiger partial charge on any atom is -0.392 e. The quantitative estimate of drug-likeness (QED) is 0.135. The third kappa shape index (κ3) is 6.11. The molecule has 0 saturated carbocycles. The Kier molecular flexibility index (Phi) is 10.2. The van der Waals surface area contributed by atoms with E-state index in [0.717, 1.165) is 0 Å². The van der Waals surface area contributed by atoms with E-state index >= 15 is 0 Å². The molecule has 0 rings (SSSR count). The van der Waals surface area contributed by atoms with E-state index in [0.29, 0.717) is 0 Å². The van der Waals surface area contributed by atoms with Crippen molar-refractivity contribution >= 4 is 48.8 Å². The molecule has 23 heteroatoms. The molecule has 3 atom stereocenters. The molecular weight excluding hydrogens is 536 g/mol. The summed E-state index contributed by atoms with van der Waals surface area (Å²) in [6.07, 6.45) is 0. The summed E-state index contributed by atoms with van der Waals surface area (Å²) < 4.78 is 89.2. The molecule has 0 aromatic heterocycles. The zero-order valence-electron chi connectivity index (χ0n) is 14.9. The van der Waals surface area contributed by atoms with Crippen molar-refractivity contribution < 1.29 is 90.5 Å². The molecule has 0 spiro atoms. The minimum absolute atomic E-state index is 2.01. The van der Waals surface area contributed by atoms with E-state index < -0.39 is 84.6 Å². The smallest absolute Gasteiger partial charge is 0.392 e. The van der Waals surface area contributed by atoms with Crippen LogP contribution in [0, 0.1) is 0 Å². The van der Waals surface area contributed by atoms with Crippen LogP contribution in [0.4, 0.5) is 0 Å². The molecule has 0 saturated heterocycles. The Balaban J connectivity index is 6.47. The molecule has 0 aliphatic carbocycles. The predicted molar refractivity (Wildman–Crippen MR) is 86.9 cm³/mol. The van der Waals surface area contributed by atoms with Crippen molar-refractivity contribution in [3.8, 4) is 0 Å². The van der Waals surface area contributed by atoms with Gasteiger partial charge in [0.05, 0.1) is 19.8 Å². The maximum Gasteiger partial charge on any atom is 0.654 e. The first-order valence-corrected chi connectivity index (χ1v) is 12.1. The molecular formula is C9H12O19P4. The second-order valence-corrected chi connectivity index (χ2v) is 10.5. The summed E-state index contributed by atoms with van der Waals surface area (Å²) >= 11 is 0. The van der Waals surface area contributed by atoms with Crippen LogP contribution in [0.1, 0.15) is 0 Å². The fourth-order valence-electron chi connectivity index (χ4n) is 1.17. The lowest BCUT2D eigenvalue weighted by Gasteiger charge is -2.24. The van der Waals surface area contributed by atoms with Gasteiger partial charge in [-0.2, -0.15) is 4.57 Å². The highest BCUT2D eigenvalue weighted by Crippen LogP contribution is 2.54. The van der Waals surface area contributed by atoms with Gasteiger partial charge in [0.25, 0.3) is 16.0 Å². The summed E-state index contributed by atoms with van der Waals surface area (Å²) in [4.78, 5) is 35.4. The van der Waals surface area contributed by atoms with E-state index in [1.807, 2.05) is 0 Å². The van der Waals surface area contributed by atoms with Gasteiger partial charge in [-0.15, -0.1) is 0 Å². The lowest BCUT2D eigenvalue weighted by molar-refractivity contribution is -0.161. The summed E-state index contributed by atoms with van der Waals surface area (Å²) in [7, 11) is -19.7. The van der Waals surface area contributed by atoms with E-state index in [9.17, 15) is 61.7 Å². The fourth-order valence-corrected chi connectivity index (χ4v) is 3.49. The largest absolute Gasteiger partial charge is 0.654 e. The lowest BCUT2D eigenvalue weighted by atomic mass is 10.4. The van der Waals surface area contributed by atoms with Gasteiger partial charge in [-0.1, -0.05) is 0 Å². The topological polar surface area (TPSA) is 320 Å². The molecule has 0 fully saturated rings. The number of hydrogen-bond donors (Lipinski definition) is 6. The molecule has 0 amide bonds. The first-order valence-electron chi connectivity index (χ1n) is 7.15. The SMILES string of the molecule is O=C(OP(=O)(OC(=O)C(O)(CO)P(=O)=O)OC(=O)C(O)(CO)P(=O)=O)C(O)(CO)P(=O)=O. The Hall–Kier alpha value is -1.90. The van der Waals surface area contributed by atoms with Crippen molar-refractivity contribution in [1.82, 2.24) is 0 Å². The van der Waals surface area contributed by atoms with E-state index in [-0.39, 0.29) is 0 Å². The van der Waals surface area contributed by atoms with Gasteiger partial charge in [0, 0.05) is 0 Å². The summed E-state index contributed by atoms with van der Waals surface area (Å²) in [6.45, 7) is -6.02. The van der Waals surface area contributed by atoms with Gasteiger partial charge in [0.2, 0.25) is 0 Å². The first kappa shape index (κ1) is 30.1. The molecule has 19 nitrogen and oxygen atoms in total. The van der Waals surface area contributed by atoms with Gasteiger partial charge in [-0.3, -0.25) is 0 Å². The second-order valence-electron chi connectivity index (χ2n) is 5.28. The normalized spacial score (nSPS) is 18.4. The molecule has 6 N–H and O–H groups in total. The molecule has 0 aliphatic heterocycles. The molecule has 0 aromatic carbocycles. The van der Waals surface area contributed by atoms with E-state index in [1.165, 1.54) is 0 Å². The number of aliphatic hydroxyl groups excluding tert-OH is 3. The van der Waals surface area contributed by atoms with Crippen molar-refractivity contribution in [1.29, 1.82) is 0 Å². The number of hydrogen-bond acceptors (Lipinski definition) is 19. The summed E-state index contributed by atoms with van der Waals surface area (Å²) in [5.74, 6) is -8.13. The van der Waals surface area contributed by atoms with Crippen molar-refractivity contribution in [2.45, 2.75) is 16.0 Å². The number of aliphatic hydroxyl groups is 6. The highest BCUT2D eigenvalue weighted by molar-refractivity contribution is 7.50. The number of phosphoric ester groups is 1. The third-order valence-corrected chi connectivity index (χ3v) is 7.08. The Bertz CT molecular complexity index is 885. The number of carbonyl (C=O) groups is 3. The van der Waals surface area contributed by atoms with Gasteiger partial charge in [0.15, 0.2) is 0 Å². The highest BCUT2D eigenvalue weighted by Gasteiger charge is 2.57. The Morgan fingerprint density at radius 2 is 0.781 bits per heavy atom. The second kappa shape index (κ2) is 10.8. The number of carbonyl (C=O) groups excluding carboxylic acids is 3. The van der Waals surface area contributed by atoms with Gasteiger partial charge in [-0.05, 0) is 0 Å². The molecule has 3 unspecified atom stereocenters. The standard InChI is InChI=1S/C9H12O19P4/c10-1-7(16,29(19)20)4(13)26-32(25,27-5(14)8(17,2-11)30(21)22)28-6(15)9(18,3-12)31(23)24/h10-12,16-18H,1-3H2. The van der Waals surface area contributed by atoms with Crippen LogP contribution in [-0.4, -0.2) is 84.4 Å². The summed E-state index contributed by atoms with van der Waals surface area (Å²) in [6, 6.07) is 0. The zero-order valence-corrected chi connectivity index (χ0v) is 18.5. The van der Waals surface area contributed by atoms with Gasteiger partial charge >= 0.3 is 48.8 Å². The summed E-state index contributed by atoms with van der Waals surface area (Å²) in [5.41, 5.74) is 0. The van der Waals surface area contributed by atoms with Crippen LogP contribution in [0.2, 0.25) is 0 Å². The van der Waals surface area contributed by atoms with Crippen LogP contribution < -0.4 is 0 Å². The molecule has 0 aliphatic rings. The lowest BCUT2D eigenvalue weighted by Crippen LogP contribution is -2.42. The molecule has 0 heterocycles. The van der Waals surface area contributed by atoms with E-state index in [1.54, 1.807) is 0 Å². The highest BCUT2D eigenvalue weighted by atomic mass is 31.2. The van der Waals surface area contributed by atoms with Crippen LogP contribution >= 0.6 is 30.9 Å². The average molecular weight is 548 g/mol. The van der Waals surface area contributed by atoms with Crippen LogP contribution in [-0.2, 0) is 59.9 Å². The van der Waals surface area contributed by atoms with Crippen molar-refractivity contribution in [2.24, 2.45) is 0 Å². The van der Waals surface area contributed by atoms with Crippen LogP contribution in [0.5, 0.6) is 0 Å². The van der Waals surface area contributed by atoms with Crippen molar-refractivity contribution in [3.05, 3.63) is 0 Å². The van der Waals surface area contributed by atoms with Crippen LogP contribution in [0.3, 0.4) is 0 Å². The molecule has 0 aromatic rings. The van der Waals surface area contributed by atoms with E-state index in [4.69, 9.17) is 15.3 Å². The predicted octanol–water partition coefficient (Wildman–Crippen LogP) is -2.71. The monoisotopic (exact) mass is 548 g/mol. The molecule has 32 heavy (non-hydrogen) atoms. The van der Waals surface area contributed by atoms with Crippen molar-refractivity contribution in [3.63, 3.8) is 0 Å². The number of rotatable bonds is 12. The maximum atomic E-state index is 12.5. The van der Waals surface area contributed by atoms with Crippen molar-refractivity contribution in [2.75, 3.05) is 19.8 Å². The Morgan fingerprint density at radius 1 is 0.594 bits per heavy atom. The van der Waals surface area contributed by atoms with Crippen LogP contribution in [0.15, 0.2) is 0 Å². The molecule has 0 radical (unpaired) electrons. The maximum absolute atomic E-state index is 12.5.